The Morgan fingerprint density at radius 3 is 2.27 bits per heavy atom. The van der Waals surface area contributed by atoms with Gasteiger partial charge in [-0.1, -0.05) is 12.1 Å². The number of benzene rings is 2. The zero-order valence-corrected chi connectivity index (χ0v) is 21.8. The topological polar surface area (TPSA) is 225 Å². The summed E-state index contributed by atoms with van der Waals surface area (Å²) < 4.78 is 28.6. The van der Waals surface area contributed by atoms with Crippen LogP contribution in [0, 0.1) is 0 Å². The Morgan fingerprint density at radius 1 is 0.878 bits per heavy atom. The van der Waals surface area contributed by atoms with E-state index in [2.05, 4.69) is 0 Å². The second-order valence-corrected chi connectivity index (χ2v) is 10.2. The van der Waals surface area contributed by atoms with Crippen LogP contribution in [0.25, 0.3) is 0 Å². The van der Waals surface area contributed by atoms with Crippen LogP contribution in [-0.2, 0) is 14.2 Å². The molecule has 3 aliphatic rings. The molecule has 3 aliphatic heterocycles. The van der Waals surface area contributed by atoms with Crippen molar-refractivity contribution in [3.05, 3.63) is 47.5 Å². The van der Waals surface area contributed by atoms with E-state index in [9.17, 15) is 45.6 Å². The molecule has 0 bridgehead atoms. The maximum Gasteiger partial charge on any atom is 0.229 e. The molecule has 2 saturated heterocycles. The van der Waals surface area contributed by atoms with Crippen LogP contribution >= 0.6 is 0 Å². The highest BCUT2D eigenvalue weighted by Crippen LogP contribution is 2.43. The fraction of sp³-hybridized carbons (Fsp3) is 0.519. The number of ketones is 1. The molecule has 0 unspecified atom stereocenters. The molecule has 2 fully saturated rings. The van der Waals surface area contributed by atoms with Crippen molar-refractivity contribution >= 4 is 5.78 Å². The number of ether oxygens (including phenoxy) is 5. The minimum atomic E-state index is -1.75. The molecule has 11 atom stereocenters. The first-order valence-corrected chi connectivity index (χ1v) is 13.0. The normalized spacial score (nSPS) is 37.2. The summed E-state index contributed by atoms with van der Waals surface area (Å²) >= 11 is 0. The summed E-state index contributed by atoms with van der Waals surface area (Å²) in [6, 6.07) is 8.50. The Morgan fingerprint density at radius 2 is 1.59 bits per heavy atom. The molecule has 0 aromatic heterocycles. The summed E-state index contributed by atoms with van der Waals surface area (Å²) in [5.74, 6) is -0.947. The van der Waals surface area contributed by atoms with E-state index in [1.54, 1.807) is 12.1 Å². The number of carbonyl (C=O) groups is 1. The monoisotopic (exact) mass is 580 g/mol. The predicted molar refractivity (Wildman–Crippen MR) is 134 cm³/mol. The fourth-order valence-electron chi connectivity index (χ4n) is 5.07. The molecule has 0 aliphatic carbocycles. The molecule has 0 saturated carbocycles. The lowest BCUT2D eigenvalue weighted by Crippen LogP contribution is -2.64. The van der Waals surface area contributed by atoms with Gasteiger partial charge in [-0.05, 0) is 24.6 Å². The van der Waals surface area contributed by atoms with E-state index in [0.29, 0.717) is 5.56 Å². The van der Waals surface area contributed by atoms with Crippen LogP contribution in [0.4, 0.5) is 0 Å². The quantitative estimate of drug-likeness (QED) is 0.202. The lowest BCUT2D eigenvalue weighted by Gasteiger charge is -2.45. The number of aromatic hydroxyl groups is 2. The van der Waals surface area contributed by atoms with Gasteiger partial charge in [-0.15, -0.1) is 0 Å². The van der Waals surface area contributed by atoms with Gasteiger partial charge in [0.25, 0.3) is 0 Å². The third-order valence-corrected chi connectivity index (χ3v) is 7.42. The third kappa shape index (κ3) is 5.70. The largest absolute Gasteiger partial charge is 0.508 e. The van der Waals surface area contributed by atoms with Gasteiger partial charge in [0.1, 0.15) is 71.3 Å². The molecule has 2 aromatic carbocycles. The Hall–Kier alpha value is -3.05. The summed E-state index contributed by atoms with van der Waals surface area (Å²) in [4.78, 5) is 12.9. The van der Waals surface area contributed by atoms with Crippen molar-refractivity contribution in [1.29, 1.82) is 0 Å². The molecule has 2 aromatic rings. The molecule has 224 valence electrons. The van der Waals surface area contributed by atoms with Crippen LogP contribution in [-0.4, -0.2) is 115 Å². The van der Waals surface area contributed by atoms with Gasteiger partial charge in [0.05, 0.1) is 19.1 Å². The molecule has 14 nitrogen and oxygen atoms in total. The Kier molecular flexibility index (Phi) is 8.39. The average molecular weight is 581 g/mol. The number of hydrogen-bond donors (Lipinski definition) is 8. The number of rotatable bonds is 6. The van der Waals surface area contributed by atoms with Gasteiger partial charge in [0.15, 0.2) is 18.2 Å². The first-order chi connectivity index (χ1) is 19.5. The van der Waals surface area contributed by atoms with Crippen LogP contribution in [0.3, 0.4) is 0 Å². The van der Waals surface area contributed by atoms with Crippen LogP contribution in [0.15, 0.2) is 36.4 Å². The summed E-state index contributed by atoms with van der Waals surface area (Å²) in [5.41, 5.74) is 0.529. The van der Waals surface area contributed by atoms with Gasteiger partial charge < -0.3 is 64.5 Å². The van der Waals surface area contributed by atoms with E-state index in [0.717, 1.165) is 6.07 Å². The van der Waals surface area contributed by atoms with E-state index in [1.807, 2.05) is 0 Å². The molecular formula is C27H32O14. The first-order valence-electron chi connectivity index (χ1n) is 13.0. The van der Waals surface area contributed by atoms with Crippen LogP contribution < -0.4 is 9.47 Å². The lowest BCUT2D eigenvalue weighted by molar-refractivity contribution is -0.354. The highest BCUT2D eigenvalue weighted by Gasteiger charge is 2.51. The Bertz CT molecular complexity index is 1240. The number of hydrogen-bond acceptors (Lipinski definition) is 14. The smallest absolute Gasteiger partial charge is 0.229 e. The molecule has 0 amide bonds. The van der Waals surface area contributed by atoms with Crippen LogP contribution in [0.2, 0.25) is 0 Å². The van der Waals surface area contributed by atoms with Crippen molar-refractivity contribution in [2.75, 3.05) is 6.61 Å². The molecule has 3 heterocycles. The second kappa shape index (κ2) is 11.7. The van der Waals surface area contributed by atoms with E-state index >= 15 is 0 Å². The molecule has 14 heteroatoms. The molecule has 5 rings (SSSR count). The summed E-state index contributed by atoms with van der Waals surface area (Å²) in [6.45, 7) is 0.716. The van der Waals surface area contributed by atoms with Crippen molar-refractivity contribution in [1.82, 2.24) is 0 Å². The zero-order valence-electron chi connectivity index (χ0n) is 21.8. The van der Waals surface area contributed by atoms with Crippen molar-refractivity contribution in [2.24, 2.45) is 0 Å². The summed E-state index contributed by atoms with van der Waals surface area (Å²) in [6.07, 6.45) is -16.0. The van der Waals surface area contributed by atoms with Crippen molar-refractivity contribution in [2.45, 2.75) is 80.9 Å². The number of Topliss-reactive ketones (excluding diaryl/α,β-unsaturated/α-hetero) is 1. The van der Waals surface area contributed by atoms with Gasteiger partial charge in [-0.2, -0.15) is 0 Å². The second-order valence-electron chi connectivity index (χ2n) is 10.2. The van der Waals surface area contributed by atoms with Gasteiger partial charge in [0.2, 0.25) is 6.29 Å². The highest BCUT2D eigenvalue weighted by atomic mass is 16.8. The van der Waals surface area contributed by atoms with E-state index in [1.165, 1.54) is 25.1 Å². The van der Waals surface area contributed by atoms with Crippen molar-refractivity contribution < 1.29 is 69.3 Å². The maximum absolute atomic E-state index is 12.9. The van der Waals surface area contributed by atoms with Gasteiger partial charge in [-0.25, -0.2) is 0 Å². The van der Waals surface area contributed by atoms with E-state index in [4.69, 9.17) is 23.7 Å². The predicted octanol–water partition coefficient (Wildman–Crippen LogP) is -1.17. The third-order valence-electron chi connectivity index (χ3n) is 7.42. The SMILES string of the molecule is C[C@@H]1O[C@@H](O[C@H]2[C@H](Oc3cc(O)c4c(c3)O[C@H](c3ccc(O)cc3)CC4=O)O[C@@H](CO)[C@@H](O)[C@@H]2O)[C@H](O)[C@H](O)[C@H]1O. The van der Waals surface area contributed by atoms with Crippen LogP contribution in [0.5, 0.6) is 23.0 Å². The molecule has 8 N–H and O–H groups in total. The number of carbonyl (C=O) groups excluding carboxylic acids is 1. The number of phenolic OH excluding ortho intramolecular Hbond substituents is 2. The highest BCUT2D eigenvalue weighted by molar-refractivity contribution is 6.02. The van der Waals surface area contributed by atoms with E-state index < -0.39 is 85.7 Å². The van der Waals surface area contributed by atoms with Gasteiger partial charge in [0, 0.05) is 12.1 Å². The summed E-state index contributed by atoms with van der Waals surface area (Å²) in [5, 5.41) is 81.6. The maximum atomic E-state index is 12.9. The Balaban J connectivity index is 1.41. The molecule has 41 heavy (non-hydrogen) atoms. The molecule has 0 spiro atoms. The minimum Gasteiger partial charge on any atom is -0.508 e. The molecular weight excluding hydrogens is 548 g/mol. The average Bonchev–Trinajstić information content (AvgIpc) is 2.94. The van der Waals surface area contributed by atoms with Crippen molar-refractivity contribution in [3.8, 4) is 23.0 Å². The van der Waals surface area contributed by atoms with E-state index in [-0.39, 0.29) is 29.2 Å². The number of aliphatic hydroxyl groups excluding tert-OH is 6. The fourth-order valence-corrected chi connectivity index (χ4v) is 5.07. The van der Waals surface area contributed by atoms with Crippen molar-refractivity contribution in [3.63, 3.8) is 0 Å². The summed E-state index contributed by atoms with van der Waals surface area (Å²) in [7, 11) is 0. The standard InChI is InChI=1S/C27H32O14/c1-10-20(32)22(34)24(36)26(37-10)41-25-23(35)21(33)18(9-28)40-27(25)38-13-6-14(30)19-15(31)8-16(39-17(19)7-13)11-2-4-12(29)5-3-11/h2-7,10,16,18,20-30,32-36H,8-9H2,1H3/t10-,16-,18-,20-,21+,22+,23-,24+,25+,26-,27+/m0/s1. The molecule has 0 radical (unpaired) electrons. The lowest BCUT2D eigenvalue weighted by atomic mass is 9.95. The first kappa shape index (κ1) is 29.4. The number of phenols is 2. The van der Waals surface area contributed by atoms with Crippen LogP contribution in [0.1, 0.15) is 35.4 Å². The number of aliphatic hydroxyl groups is 6. The minimum absolute atomic E-state index is 0.0149. The number of fused-ring (bicyclic) bond motifs is 1. The Labute approximate surface area is 233 Å². The van der Waals surface area contributed by atoms with Gasteiger partial charge >= 0.3 is 0 Å². The van der Waals surface area contributed by atoms with Gasteiger partial charge in [-0.3, -0.25) is 4.79 Å². The zero-order chi connectivity index (χ0) is 29.6.